The Labute approximate surface area is 184 Å². The van der Waals surface area contributed by atoms with E-state index in [1.54, 1.807) is 13.8 Å². The largest absolute Gasteiger partial charge is 0.462 e. The minimum absolute atomic E-state index is 0.217. The van der Waals surface area contributed by atoms with Crippen molar-refractivity contribution in [2.24, 2.45) is 0 Å². The van der Waals surface area contributed by atoms with Crippen LogP contribution in [0.5, 0.6) is 0 Å². The second kappa shape index (κ2) is 16.6. The Balaban J connectivity index is 0. The van der Waals surface area contributed by atoms with Crippen LogP contribution in [0.25, 0.3) is 0 Å². The Hall–Kier alpha value is -3.16. The highest BCUT2D eigenvalue weighted by Crippen LogP contribution is 2.09. The third kappa shape index (κ3) is 16.3. The highest BCUT2D eigenvalue weighted by molar-refractivity contribution is 5.89. The normalized spacial score (nSPS) is 9.48. The van der Waals surface area contributed by atoms with Crippen molar-refractivity contribution in [1.29, 1.82) is 0 Å². The third-order valence-electron chi connectivity index (χ3n) is 3.15. The Kier molecular flexibility index (Phi) is 16.1. The Bertz CT molecular complexity index is 646. The van der Waals surface area contributed by atoms with Crippen LogP contribution >= 0.6 is 0 Å². The molecule has 0 heterocycles. The zero-order valence-corrected chi connectivity index (χ0v) is 19.2. The average molecular weight is 439 g/mol. The number of hydrogen-bond donors (Lipinski definition) is 0. The number of carbonyl (C=O) groups excluding carboxylic acids is 4. The van der Waals surface area contributed by atoms with E-state index in [-0.39, 0.29) is 24.4 Å². The van der Waals surface area contributed by atoms with Crippen LogP contribution < -0.4 is 0 Å². The zero-order chi connectivity index (χ0) is 24.6. The summed E-state index contributed by atoms with van der Waals surface area (Å²) in [4.78, 5) is 44.3. The number of carbonyl (C=O) groups is 4. The minimum Gasteiger partial charge on any atom is -0.462 e. The summed E-state index contributed by atoms with van der Waals surface area (Å²) >= 11 is 0. The molecular formula is C23H34O8. The molecule has 8 heteroatoms. The van der Waals surface area contributed by atoms with Crippen molar-refractivity contribution in [2.45, 2.75) is 60.2 Å². The Morgan fingerprint density at radius 2 is 0.968 bits per heavy atom. The molecule has 0 fully saturated rings. The monoisotopic (exact) mass is 438 g/mol. The molecule has 0 N–H and O–H groups in total. The van der Waals surface area contributed by atoms with Crippen molar-refractivity contribution in [3.8, 4) is 0 Å². The molecule has 31 heavy (non-hydrogen) atoms. The standard InChI is InChI=1S/C12H18O4.C11H16O4/c1-6-7-10(15-11(13)8(2)3)16-12(14)9(4)5;1-8(2)10(12)14-6-5-7-15-11(13)9(3)4/h10H,2,4,6-7H2,1,3,5H3;1,3,5-7H2,2,4H3. The lowest BCUT2D eigenvalue weighted by molar-refractivity contribution is -0.183. The molecule has 0 aromatic carbocycles. The minimum atomic E-state index is -0.863. The van der Waals surface area contributed by atoms with Crippen molar-refractivity contribution in [3.05, 3.63) is 48.6 Å². The van der Waals surface area contributed by atoms with E-state index in [1.165, 1.54) is 13.8 Å². The van der Waals surface area contributed by atoms with Crippen molar-refractivity contribution in [1.82, 2.24) is 0 Å². The lowest BCUT2D eigenvalue weighted by Crippen LogP contribution is -2.25. The molecular weight excluding hydrogens is 404 g/mol. The highest BCUT2D eigenvalue weighted by Gasteiger charge is 2.18. The first-order valence-corrected chi connectivity index (χ1v) is 9.71. The molecule has 174 valence electrons. The van der Waals surface area contributed by atoms with Gasteiger partial charge in [-0.2, -0.15) is 0 Å². The average Bonchev–Trinajstić information content (AvgIpc) is 2.67. The van der Waals surface area contributed by atoms with Gasteiger partial charge in [-0.25, -0.2) is 19.2 Å². The molecule has 0 aliphatic heterocycles. The first-order valence-electron chi connectivity index (χ1n) is 9.71. The van der Waals surface area contributed by atoms with Gasteiger partial charge in [0.25, 0.3) is 0 Å². The van der Waals surface area contributed by atoms with Crippen LogP contribution in [0.2, 0.25) is 0 Å². The van der Waals surface area contributed by atoms with Crippen LogP contribution in [0.15, 0.2) is 48.6 Å². The van der Waals surface area contributed by atoms with Crippen LogP contribution in [0.4, 0.5) is 0 Å². The molecule has 0 bridgehead atoms. The predicted molar refractivity (Wildman–Crippen MR) is 117 cm³/mol. The van der Waals surface area contributed by atoms with E-state index >= 15 is 0 Å². The summed E-state index contributed by atoms with van der Waals surface area (Å²) in [5.74, 6) is -1.98. The van der Waals surface area contributed by atoms with E-state index in [2.05, 4.69) is 26.3 Å². The molecule has 8 nitrogen and oxygen atoms in total. The lowest BCUT2D eigenvalue weighted by Gasteiger charge is -2.17. The summed E-state index contributed by atoms with van der Waals surface area (Å²) in [6.45, 7) is 22.3. The van der Waals surface area contributed by atoms with Crippen LogP contribution in [0.3, 0.4) is 0 Å². The SMILES string of the molecule is C=C(C)C(=O)OC(CCC)OC(=O)C(=C)C.C=C(C)C(=O)OCCCOC(=O)C(=C)C. The van der Waals surface area contributed by atoms with Crippen LogP contribution in [0.1, 0.15) is 53.9 Å². The number of ether oxygens (including phenoxy) is 4. The number of esters is 4. The lowest BCUT2D eigenvalue weighted by atomic mass is 10.3. The molecule has 0 aromatic rings. The molecule has 0 rings (SSSR count). The van der Waals surface area contributed by atoms with E-state index in [1.807, 2.05) is 6.92 Å². The quantitative estimate of drug-likeness (QED) is 0.148. The van der Waals surface area contributed by atoms with Gasteiger partial charge < -0.3 is 18.9 Å². The van der Waals surface area contributed by atoms with Crippen molar-refractivity contribution < 1.29 is 38.1 Å². The van der Waals surface area contributed by atoms with Gasteiger partial charge in [0.15, 0.2) is 0 Å². The van der Waals surface area contributed by atoms with Gasteiger partial charge in [-0.15, -0.1) is 0 Å². The fourth-order valence-corrected chi connectivity index (χ4v) is 1.45. The van der Waals surface area contributed by atoms with Gasteiger partial charge >= 0.3 is 23.9 Å². The Morgan fingerprint density at radius 1 is 0.645 bits per heavy atom. The predicted octanol–water partition coefficient (Wildman–Crippen LogP) is 3.97. The summed E-state index contributed by atoms with van der Waals surface area (Å²) in [5, 5.41) is 0. The molecule has 0 spiro atoms. The molecule has 0 aliphatic carbocycles. The van der Waals surface area contributed by atoms with Gasteiger partial charge in [-0.1, -0.05) is 33.2 Å². The first kappa shape index (κ1) is 30.0. The Morgan fingerprint density at radius 3 is 1.23 bits per heavy atom. The summed E-state index contributed by atoms with van der Waals surface area (Å²) in [6.07, 6.45) is 0.798. The fourth-order valence-electron chi connectivity index (χ4n) is 1.45. The molecule has 0 radical (unpaired) electrons. The second-order valence-corrected chi connectivity index (χ2v) is 6.78. The first-order chi connectivity index (χ1) is 14.3. The third-order valence-corrected chi connectivity index (χ3v) is 3.15. The van der Waals surface area contributed by atoms with Gasteiger partial charge in [0.1, 0.15) is 0 Å². The van der Waals surface area contributed by atoms with E-state index in [9.17, 15) is 19.2 Å². The maximum absolute atomic E-state index is 11.2. The summed E-state index contributed by atoms with van der Waals surface area (Å²) in [5.41, 5.74) is 1.25. The maximum atomic E-state index is 11.2. The van der Waals surface area contributed by atoms with E-state index in [4.69, 9.17) is 18.9 Å². The molecule has 0 unspecified atom stereocenters. The molecule has 0 amide bonds. The number of hydrogen-bond acceptors (Lipinski definition) is 8. The van der Waals surface area contributed by atoms with Gasteiger partial charge in [-0.05, 0) is 34.1 Å². The van der Waals surface area contributed by atoms with E-state index in [0.717, 1.165) is 6.42 Å². The fraction of sp³-hybridized carbons (Fsp3) is 0.478. The summed E-state index contributed by atoms with van der Waals surface area (Å²) < 4.78 is 19.5. The maximum Gasteiger partial charge on any atom is 0.336 e. The molecule has 0 aromatic heterocycles. The van der Waals surface area contributed by atoms with E-state index in [0.29, 0.717) is 24.0 Å². The van der Waals surface area contributed by atoms with Gasteiger partial charge in [0, 0.05) is 35.1 Å². The van der Waals surface area contributed by atoms with Crippen molar-refractivity contribution >= 4 is 23.9 Å². The summed E-state index contributed by atoms with van der Waals surface area (Å²) in [6, 6.07) is 0. The van der Waals surface area contributed by atoms with Gasteiger partial charge in [0.05, 0.1) is 13.2 Å². The number of rotatable bonds is 12. The van der Waals surface area contributed by atoms with Crippen molar-refractivity contribution in [3.63, 3.8) is 0 Å². The van der Waals surface area contributed by atoms with E-state index < -0.39 is 30.2 Å². The van der Waals surface area contributed by atoms with Crippen LogP contribution in [0, 0.1) is 0 Å². The van der Waals surface area contributed by atoms with Gasteiger partial charge in [0.2, 0.25) is 6.29 Å². The summed E-state index contributed by atoms with van der Waals surface area (Å²) in [7, 11) is 0. The second-order valence-electron chi connectivity index (χ2n) is 6.78. The van der Waals surface area contributed by atoms with Crippen molar-refractivity contribution in [2.75, 3.05) is 13.2 Å². The van der Waals surface area contributed by atoms with Crippen LogP contribution in [-0.4, -0.2) is 43.4 Å². The molecule has 0 atom stereocenters. The zero-order valence-electron chi connectivity index (χ0n) is 19.2. The van der Waals surface area contributed by atoms with Gasteiger partial charge in [-0.3, -0.25) is 0 Å². The molecule has 0 saturated heterocycles. The molecule has 0 saturated carbocycles. The smallest absolute Gasteiger partial charge is 0.336 e. The highest BCUT2D eigenvalue weighted by atomic mass is 16.7. The molecule has 0 aliphatic rings. The topological polar surface area (TPSA) is 105 Å². The van der Waals surface area contributed by atoms with Crippen LogP contribution in [-0.2, 0) is 38.1 Å².